The monoisotopic (exact) mass is 417 g/mol. The first-order chi connectivity index (χ1) is 14.5. The van der Waals surface area contributed by atoms with Crippen molar-refractivity contribution in [2.24, 2.45) is 4.99 Å². The van der Waals surface area contributed by atoms with E-state index in [1.165, 1.54) is 0 Å². The fraction of sp³-hybridized carbons (Fsp3) is 0.636. The normalized spacial score (nSPS) is 18.8. The van der Waals surface area contributed by atoms with Crippen molar-refractivity contribution in [3.05, 3.63) is 29.8 Å². The molecule has 1 unspecified atom stereocenters. The van der Waals surface area contributed by atoms with Crippen molar-refractivity contribution in [1.82, 2.24) is 20.4 Å². The number of aliphatic hydroxyl groups is 1. The average molecular weight is 418 g/mol. The molecule has 1 heterocycles. The smallest absolute Gasteiger partial charge is 0.234 e. The van der Waals surface area contributed by atoms with Crippen LogP contribution in [0.5, 0.6) is 5.75 Å². The fourth-order valence-corrected chi connectivity index (χ4v) is 3.39. The molecule has 166 valence electrons. The zero-order chi connectivity index (χ0) is 21.3. The van der Waals surface area contributed by atoms with Crippen molar-refractivity contribution in [3.8, 4) is 5.75 Å². The Morgan fingerprint density at radius 3 is 2.73 bits per heavy atom. The van der Waals surface area contributed by atoms with Crippen molar-refractivity contribution >= 4 is 11.9 Å². The van der Waals surface area contributed by atoms with Gasteiger partial charge in [-0.05, 0) is 44.4 Å². The summed E-state index contributed by atoms with van der Waals surface area (Å²) in [4.78, 5) is 21.0. The third kappa shape index (κ3) is 7.50. The maximum absolute atomic E-state index is 12.0. The van der Waals surface area contributed by atoms with Gasteiger partial charge < -0.3 is 25.4 Å². The summed E-state index contributed by atoms with van der Waals surface area (Å²) in [6, 6.07) is 8.19. The minimum atomic E-state index is -0.674. The van der Waals surface area contributed by atoms with Gasteiger partial charge in [-0.25, -0.2) is 0 Å². The van der Waals surface area contributed by atoms with Gasteiger partial charge in [0, 0.05) is 38.8 Å². The van der Waals surface area contributed by atoms with Crippen molar-refractivity contribution in [3.63, 3.8) is 0 Å². The Morgan fingerprint density at radius 2 is 2.07 bits per heavy atom. The van der Waals surface area contributed by atoms with Crippen molar-refractivity contribution in [2.45, 2.75) is 38.8 Å². The second-order valence-corrected chi connectivity index (χ2v) is 8.08. The van der Waals surface area contributed by atoms with Crippen LogP contribution in [0.25, 0.3) is 0 Å². The Labute approximate surface area is 179 Å². The van der Waals surface area contributed by atoms with Gasteiger partial charge in [0.05, 0.1) is 13.1 Å². The molecule has 0 bridgehead atoms. The molecule has 1 aliphatic carbocycles. The summed E-state index contributed by atoms with van der Waals surface area (Å²) >= 11 is 0. The van der Waals surface area contributed by atoms with Gasteiger partial charge >= 0.3 is 0 Å². The highest BCUT2D eigenvalue weighted by Crippen LogP contribution is 2.18. The number of aryl methyl sites for hydroxylation is 1. The number of hydrogen-bond acceptors (Lipinski definition) is 5. The van der Waals surface area contributed by atoms with E-state index in [9.17, 15) is 9.90 Å². The van der Waals surface area contributed by atoms with E-state index in [1.807, 2.05) is 38.1 Å². The van der Waals surface area contributed by atoms with Gasteiger partial charge in [0.2, 0.25) is 5.91 Å². The van der Waals surface area contributed by atoms with Gasteiger partial charge in [-0.2, -0.15) is 0 Å². The highest BCUT2D eigenvalue weighted by atomic mass is 16.5. The largest absolute Gasteiger partial charge is 0.491 e. The van der Waals surface area contributed by atoms with Crippen LogP contribution >= 0.6 is 0 Å². The number of piperazine rings is 1. The summed E-state index contributed by atoms with van der Waals surface area (Å²) in [7, 11) is 0. The number of benzene rings is 1. The third-order valence-corrected chi connectivity index (χ3v) is 5.20. The highest BCUT2D eigenvalue weighted by Gasteiger charge is 2.26. The number of nitrogens with zero attached hydrogens (tertiary/aromatic N) is 3. The van der Waals surface area contributed by atoms with Gasteiger partial charge in [-0.1, -0.05) is 12.1 Å². The summed E-state index contributed by atoms with van der Waals surface area (Å²) in [6.07, 6.45) is 1.56. The van der Waals surface area contributed by atoms with Gasteiger partial charge in [-0.3, -0.25) is 14.7 Å². The van der Waals surface area contributed by atoms with E-state index in [1.54, 1.807) is 0 Å². The molecule has 30 heavy (non-hydrogen) atoms. The quantitative estimate of drug-likeness (QED) is 0.403. The summed E-state index contributed by atoms with van der Waals surface area (Å²) < 4.78 is 5.67. The molecule has 3 rings (SSSR count). The topological polar surface area (TPSA) is 89.4 Å². The average Bonchev–Trinajstić information content (AvgIpc) is 3.54. The molecule has 8 heteroatoms. The summed E-state index contributed by atoms with van der Waals surface area (Å²) in [6.45, 7) is 9.00. The van der Waals surface area contributed by atoms with Gasteiger partial charge in [-0.15, -0.1) is 0 Å². The number of ether oxygens (including phenoxy) is 1. The van der Waals surface area contributed by atoms with Gasteiger partial charge in [0.25, 0.3) is 0 Å². The second-order valence-electron chi connectivity index (χ2n) is 8.08. The second kappa shape index (κ2) is 11.2. The SMILES string of the molecule is CCNC(=NCC(O)COc1cccc(C)c1)N1CCN(CC(=O)NC2CC2)CC1. The standard InChI is InChI=1S/C22H35N5O3/c1-3-23-22(24-14-19(28)16-30-20-6-4-5-17(2)13-20)27-11-9-26(10-12-27)15-21(29)25-18-7-8-18/h4-6,13,18-19,28H,3,7-12,14-16H2,1-2H3,(H,23,24)(H,25,29). The van der Waals surface area contributed by atoms with Crippen molar-refractivity contribution in [1.29, 1.82) is 0 Å². The third-order valence-electron chi connectivity index (χ3n) is 5.20. The molecule has 8 nitrogen and oxygen atoms in total. The molecule has 2 fully saturated rings. The Bertz CT molecular complexity index is 714. The number of hydrogen-bond donors (Lipinski definition) is 3. The minimum absolute atomic E-state index is 0.128. The van der Waals surface area contributed by atoms with Crippen LogP contribution in [0.3, 0.4) is 0 Å². The van der Waals surface area contributed by atoms with Gasteiger partial charge in [0.15, 0.2) is 5.96 Å². The van der Waals surface area contributed by atoms with Crippen LogP contribution in [0.4, 0.5) is 0 Å². The first-order valence-corrected chi connectivity index (χ1v) is 11.0. The Kier molecular flexibility index (Phi) is 8.33. The summed E-state index contributed by atoms with van der Waals surface area (Å²) in [5, 5.41) is 16.6. The molecule has 1 atom stereocenters. The predicted octanol–water partition coefficient (Wildman–Crippen LogP) is 0.596. The molecule has 1 saturated heterocycles. The van der Waals surface area contributed by atoms with Crippen molar-refractivity contribution in [2.75, 3.05) is 52.4 Å². The number of aliphatic hydroxyl groups excluding tert-OH is 1. The first kappa shape index (κ1) is 22.4. The Morgan fingerprint density at radius 1 is 1.30 bits per heavy atom. The number of carbonyl (C=O) groups is 1. The summed E-state index contributed by atoms with van der Waals surface area (Å²) in [5.41, 5.74) is 1.12. The molecule has 0 radical (unpaired) electrons. The lowest BCUT2D eigenvalue weighted by Gasteiger charge is -2.36. The van der Waals surface area contributed by atoms with Crippen LogP contribution in [0, 0.1) is 6.92 Å². The maximum atomic E-state index is 12.0. The number of rotatable bonds is 9. The van der Waals surface area contributed by atoms with Gasteiger partial charge in [0.1, 0.15) is 18.5 Å². The Balaban J connectivity index is 1.42. The molecule has 1 saturated carbocycles. The predicted molar refractivity (Wildman–Crippen MR) is 118 cm³/mol. The van der Waals surface area contributed by atoms with E-state index in [-0.39, 0.29) is 19.1 Å². The van der Waals surface area contributed by atoms with E-state index >= 15 is 0 Å². The highest BCUT2D eigenvalue weighted by molar-refractivity contribution is 5.80. The van der Waals surface area contributed by atoms with Crippen molar-refractivity contribution < 1.29 is 14.6 Å². The number of nitrogens with one attached hydrogen (secondary N) is 2. The van der Waals surface area contributed by atoms with Crippen LogP contribution in [0.15, 0.2) is 29.3 Å². The van der Waals surface area contributed by atoms with Crippen LogP contribution < -0.4 is 15.4 Å². The lowest BCUT2D eigenvalue weighted by molar-refractivity contribution is -0.122. The molecule has 1 amide bonds. The fourth-order valence-electron chi connectivity index (χ4n) is 3.39. The van der Waals surface area contributed by atoms with E-state index < -0.39 is 6.10 Å². The van der Waals surface area contributed by atoms with E-state index in [0.29, 0.717) is 12.6 Å². The first-order valence-electron chi connectivity index (χ1n) is 11.0. The van der Waals surface area contributed by atoms with E-state index in [4.69, 9.17) is 4.74 Å². The lowest BCUT2D eigenvalue weighted by atomic mass is 10.2. The zero-order valence-electron chi connectivity index (χ0n) is 18.1. The van der Waals surface area contributed by atoms with E-state index in [2.05, 4.69) is 25.4 Å². The van der Waals surface area contributed by atoms with Crippen LogP contribution in [0.2, 0.25) is 0 Å². The van der Waals surface area contributed by atoms with Crippen LogP contribution in [0.1, 0.15) is 25.3 Å². The van der Waals surface area contributed by atoms with E-state index in [0.717, 1.165) is 62.8 Å². The maximum Gasteiger partial charge on any atom is 0.234 e. The molecule has 1 aliphatic heterocycles. The summed E-state index contributed by atoms with van der Waals surface area (Å²) in [5.74, 6) is 1.68. The molecule has 0 aromatic heterocycles. The number of guanidine groups is 1. The molecule has 1 aromatic carbocycles. The molecule has 1 aromatic rings. The molecular weight excluding hydrogens is 382 g/mol. The molecule has 0 spiro atoms. The lowest BCUT2D eigenvalue weighted by Crippen LogP contribution is -2.54. The zero-order valence-corrected chi connectivity index (χ0v) is 18.1. The number of aliphatic imine (C=N–C) groups is 1. The molecular formula is C22H35N5O3. The Hall–Kier alpha value is -2.32. The number of amides is 1. The number of carbonyl (C=O) groups excluding carboxylic acids is 1. The molecule has 3 N–H and O–H groups in total. The minimum Gasteiger partial charge on any atom is -0.491 e. The van der Waals surface area contributed by atoms with Crippen LogP contribution in [-0.2, 0) is 4.79 Å². The van der Waals surface area contributed by atoms with Crippen LogP contribution in [-0.4, -0.2) is 91.3 Å². The molecule has 2 aliphatic rings.